The molecule has 0 atom stereocenters. The van der Waals surface area contributed by atoms with E-state index in [9.17, 15) is 9.59 Å². The maximum Gasteiger partial charge on any atom is 0.338 e. The quantitative estimate of drug-likeness (QED) is 0.494. The van der Waals surface area contributed by atoms with E-state index in [2.05, 4.69) is 10.3 Å². The van der Waals surface area contributed by atoms with E-state index < -0.39 is 5.97 Å². The fraction of sp³-hybridized carbons (Fsp3) is 0.136. The zero-order chi connectivity index (χ0) is 20.2. The largest absolute Gasteiger partial charge is 0.452 e. The number of carbonyl (C=O) groups excluding carboxylic acids is 2. The highest BCUT2D eigenvalue weighted by Gasteiger charge is 2.14. The van der Waals surface area contributed by atoms with Crippen molar-refractivity contribution in [3.63, 3.8) is 0 Å². The van der Waals surface area contributed by atoms with Gasteiger partial charge in [0.2, 0.25) is 0 Å². The van der Waals surface area contributed by atoms with E-state index in [0.29, 0.717) is 17.6 Å². The van der Waals surface area contributed by atoms with Gasteiger partial charge in [-0.25, -0.2) is 9.78 Å². The second kappa shape index (κ2) is 8.28. The van der Waals surface area contributed by atoms with E-state index in [1.54, 1.807) is 23.5 Å². The molecule has 2 aromatic heterocycles. The van der Waals surface area contributed by atoms with Crippen LogP contribution in [0, 0.1) is 6.92 Å². The lowest BCUT2D eigenvalue weighted by Crippen LogP contribution is -2.28. The van der Waals surface area contributed by atoms with Gasteiger partial charge in [-0.1, -0.05) is 24.3 Å². The topological polar surface area (TPSA) is 73.2 Å². The Morgan fingerprint density at radius 2 is 1.93 bits per heavy atom. The minimum Gasteiger partial charge on any atom is -0.452 e. The number of ether oxygens (including phenoxy) is 1. The van der Waals surface area contributed by atoms with Crippen LogP contribution in [0.2, 0.25) is 0 Å². The van der Waals surface area contributed by atoms with Crippen LogP contribution < -0.4 is 5.32 Å². The highest BCUT2D eigenvalue weighted by atomic mass is 32.1. The van der Waals surface area contributed by atoms with Crippen molar-refractivity contribution in [3.05, 3.63) is 82.3 Å². The fourth-order valence-corrected chi connectivity index (χ4v) is 3.74. The van der Waals surface area contributed by atoms with Crippen LogP contribution in [0.4, 0.5) is 0 Å². The predicted octanol–water partition coefficient (Wildman–Crippen LogP) is 3.87. The number of nitrogens with one attached hydrogen (secondary N) is 1. The van der Waals surface area contributed by atoms with E-state index in [-0.39, 0.29) is 12.5 Å². The number of aryl methyl sites for hydroxylation is 1. The molecule has 0 aliphatic carbocycles. The zero-order valence-electron chi connectivity index (χ0n) is 15.8. The Labute approximate surface area is 171 Å². The monoisotopic (exact) mass is 405 g/mol. The zero-order valence-corrected chi connectivity index (χ0v) is 16.6. The summed E-state index contributed by atoms with van der Waals surface area (Å²) in [5.41, 5.74) is 2.97. The maximum absolute atomic E-state index is 12.4. The van der Waals surface area contributed by atoms with E-state index in [0.717, 1.165) is 21.9 Å². The number of fused-ring (bicyclic) bond motifs is 1. The lowest BCUT2D eigenvalue weighted by atomic mass is 10.2. The van der Waals surface area contributed by atoms with Gasteiger partial charge >= 0.3 is 5.97 Å². The van der Waals surface area contributed by atoms with Crippen LogP contribution in [0.25, 0.3) is 16.7 Å². The number of carbonyl (C=O) groups is 2. The summed E-state index contributed by atoms with van der Waals surface area (Å²) in [6.45, 7) is 2.03. The van der Waals surface area contributed by atoms with Gasteiger partial charge in [-0.05, 0) is 48.7 Å². The number of benzene rings is 2. The van der Waals surface area contributed by atoms with Crippen LogP contribution in [0.15, 0.2) is 66.0 Å². The molecule has 6 nitrogen and oxygen atoms in total. The molecule has 2 aromatic carbocycles. The first-order valence-electron chi connectivity index (χ1n) is 9.12. The molecule has 29 heavy (non-hydrogen) atoms. The smallest absolute Gasteiger partial charge is 0.338 e. The first kappa shape index (κ1) is 18.9. The Hall–Kier alpha value is -3.45. The lowest BCUT2D eigenvalue weighted by Gasteiger charge is -2.07. The average molecular weight is 405 g/mol. The molecular formula is C22H19N3O3S. The van der Waals surface area contributed by atoms with Crippen LogP contribution in [0.5, 0.6) is 0 Å². The third kappa shape index (κ3) is 4.20. The summed E-state index contributed by atoms with van der Waals surface area (Å²) in [7, 11) is 0. The van der Waals surface area contributed by atoms with Crippen LogP contribution in [-0.4, -0.2) is 28.0 Å². The van der Waals surface area contributed by atoms with E-state index in [1.165, 1.54) is 0 Å². The number of thiophene rings is 1. The maximum atomic E-state index is 12.4. The van der Waals surface area contributed by atoms with Crippen LogP contribution in [0.3, 0.4) is 0 Å². The molecule has 4 rings (SSSR count). The Balaban J connectivity index is 1.44. The van der Waals surface area contributed by atoms with Crippen molar-refractivity contribution in [1.29, 1.82) is 0 Å². The molecule has 0 spiro atoms. The van der Waals surface area contributed by atoms with Crippen LogP contribution >= 0.6 is 11.3 Å². The molecule has 0 saturated heterocycles. The first-order chi connectivity index (χ1) is 14.1. The predicted molar refractivity (Wildman–Crippen MR) is 112 cm³/mol. The lowest BCUT2D eigenvalue weighted by molar-refractivity contribution is -0.124. The van der Waals surface area contributed by atoms with E-state index >= 15 is 0 Å². The SMILES string of the molecule is Cc1nc2cc(C(=O)OCC(=O)NCc3cccs3)ccc2n1-c1ccccc1. The summed E-state index contributed by atoms with van der Waals surface area (Å²) in [6, 6.07) is 19.0. The molecule has 146 valence electrons. The molecule has 0 radical (unpaired) electrons. The molecule has 0 bridgehead atoms. The van der Waals surface area contributed by atoms with Gasteiger partial charge in [0.05, 0.1) is 23.1 Å². The van der Waals surface area contributed by atoms with Gasteiger partial charge in [0.1, 0.15) is 5.82 Å². The molecule has 0 unspecified atom stereocenters. The van der Waals surface area contributed by atoms with Crippen LogP contribution in [0.1, 0.15) is 21.1 Å². The van der Waals surface area contributed by atoms with Crippen LogP contribution in [-0.2, 0) is 16.1 Å². The Morgan fingerprint density at radius 1 is 1.10 bits per heavy atom. The summed E-state index contributed by atoms with van der Waals surface area (Å²) < 4.78 is 7.18. The Kier molecular flexibility index (Phi) is 5.39. The van der Waals surface area contributed by atoms with Gasteiger partial charge in [-0.3, -0.25) is 9.36 Å². The number of imidazole rings is 1. The molecule has 0 aliphatic heterocycles. The second-order valence-corrected chi connectivity index (χ2v) is 7.50. The number of aromatic nitrogens is 2. The van der Waals surface area contributed by atoms with Gasteiger partial charge in [0.15, 0.2) is 6.61 Å². The van der Waals surface area contributed by atoms with Gasteiger partial charge in [-0.2, -0.15) is 0 Å². The standard InChI is InChI=1S/C22H19N3O3S/c1-15-24-19-12-16(9-10-20(19)25(15)17-6-3-2-4-7-17)22(27)28-14-21(26)23-13-18-8-5-11-29-18/h2-12H,13-14H2,1H3,(H,23,26). The highest BCUT2D eigenvalue weighted by Crippen LogP contribution is 2.22. The normalized spacial score (nSPS) is 10.8. The molecular weight excluding hydrogens is 386 g/mol. The Bertz CT molecular complexity index is 1150. The van der Waals surface area contributed by atoms with Crippen molar-refractivity contribution in [2.24, 2.45) is 0 Å². The molecule has 2 heterocycles. The van der Waals surface area contributed by atoms with Crippen molar-refractivity contribution in [2.75, 3.05) is 6.61 Å². The summed E-state index contributed by atoms with van der Waals surface area (Å²) in [6.07, 6.45) is 0. The van der Waals surface area contributed by atoms with Crippen molar-refractivity contribution in [3.8, 4) is 5.69 Å². The number of nitrogens with zero attached hydrogens (tertiary/aromatic N) is 2. The first-order valence-corrected chi connectivity index (χ1v) is 10.0. The number of esters is 1. The third-order valence-electron chi connectivity index (χ3n) is 4.45. The molecule has 1 amide bonds. The fourth-order valence-electron chi connectivity index (χ4n) is 3.09. The molecule has 0 saturated carbocycles. The van der Waals surface area contributed by atoms with Gasteiger partial charge in [0.25, 0.3) is 5.91 Å². The van der Waals surface area contributed by atoms with Crippen molar-refractivity contribution in [1.82, 2.24) is 14.9 Å². The van der Waals surface area contributed by atoms with Crippen molar-refractivity contribution in [2.45, 2.75) is 13.5 Å². The molecule has 0 fully saturated rings. The number of hydrogen-bond acceptors (Lipinski definition) is 5. The summed E-state index contributed by atoms with van der Waals surface area (Å²) >= 11 is 1.56. The average Bonchev–Trinajstić information content (AvgIpc) is 3.37. The Morgan fingerprint density at radius 3 is 2.69 bits per heavy atom. The number of amides is 1. The molecule has 0 aliphatic rings. The number of hydrogen-bond donors (Lipinski definition) is 1. The van der Waals surface area contributed by atoms with Crippen molar-refractivity contribution < 1.29 is 14.3 Å². The van der Waals surface area contributed by atoms with Gasteiger partial charge in [0, 0.05) is 10.6 Å². The van der Waals surface area contributed by atoms with E-state index in [1.807, 2.05) is 65.4 Å². The van der Waals surface area contributed by atoms with E-state index in [4.69, 9.17) is 4.74 Å². The second-order valence-electron chi connectivity index (χ2n) is 6.47. The minimum atomic E-state index is -0.551. The molecule has 1 N–H and O–H groups in total. The highest BCUT2D eigenvalue weighted by molar-refractivity contribution is 7.09. The molecule has 7 heteroatoms. The summed E-state index contributed by atoms with van der Waals surface area (Å²) in [5, 5.41) is 4.67. The third-order valence-corrected chi connectivity index (χ3v) is 5.32. The van der Waals surface area contributed by atoms with Gasteiger partial charge in [-0.15, -0.1) is 11.3 Å². The number of rotatable bonds is 6. The molecule has 4 aromatic rings. The van der Waals surface area contributed by atoms with Crippen molar-refractivity contribution >= 4 is 34.2 Å². The minimum absolute atomic E-state index is 0.320. The van der Waals surface area contributed by atoms with Gasteiger partial charge < -0.3 is 10.1 Å². The summed E-state index contributed by atoms with van der Waals surface area (Å²) in [5.74, 6) is -0.0632. The summed E-state index contributed by atoms with van der Waals surface area (Å²) in [4.78, 5) is 29.8. The number of para-hydroxylation sites is 1.